The standard InChI is InChI=1S/C16H20N4O4S/c1-24-15-6-5-12(8-13(15)16(17)21)25(22,23)19-10-11-9-18-20-7-3-2-4-14(11)20/h5-6,8-9,19H,2-4,7,10H2,1H3,(H2,17,21). The highest BCUT2D eigenvalue weighted by molar-refractivity contribution is 7.89. The second-order valence-electron chi connectivity index (χ2n) is 5.85. The molecule has 0 fully saturated rings. The van der Waals surface area contributed by atoms with Crippen LogP contribution in [0.5, 0.6) is 5.75 Å². The number of ether oxygens (including phenoxy) is 1. The number of hydrogen-bond acceptors (Lipinski definition) is 5. The van der Waals surface area contributed by atoms with Crippen LogP contribution >= 0.6 is 0 Å². The summed E-state index contributed by atoms with van der Waals surface area (Å²) in [5.74, 6) is -0.517. The number of primary amides is 1. The van der Waals surface area contributed by atoms with E-state index in [4.69, 9.17) is 10.5 Å². The average Bonchev–Trinajstić information content (AvgIpc) is 3.02. The van der Waals surface area contributed by atoms with Gasteiger partial charge in [0.2, 0.25) is 10.0 Å². The molecule has 0 atom stereocenters. The maximum Gasteiger partial charge on any atom is 0.252 e. The zero-order chi connectivity index (χ0) is 18.0. The Morgan fingerprint density at radius 1 is 1.40 bits per heavy atom. The first kappa shape index (κ1) is 17.4. The lowest BCUT2D eigenvalue weighted by Crippen LogP contribution is -2.25. The van der Waals surface area contributed by atoms with E-state index in [2.05, 4.69) is 9.82 Å². The molecule has 0 bridgehead atoms. The van der Waals surface area contributed by atoms with E-state index in [1.54, 1.807) is 6.20 Å². The van der Waals surface area contributed by atoms with Gasteiger partial charge in [-0.25, -0.2) is 13.1 Å². The fourth-order valence-corrected chi connectivity index (χ4v) is 3.97. The molecule has 0 unspecified atom stereocenters. The van der Waals surface area contributed by atoms with E-state index < -0.39 is 15.9 Å². The van der Waals surface area contributed by atoms with Crippen LogP contribution in [0.4, 0.5) is 0 Å². The van der Waals surface area contributed by atoms with Crippen molar-refractivity contribution in [1.29, 1.82) is 0 Å². The number of carbonyl (C=O) groups is 1. The molecule has 25 heavy (non-hydrogen) atoms. The topological polar surface area (TPSA) is 116 Å². The van der Waals surface area contributed by atoms with Crippen LogP contribution in [0.1, 0.15) is 34.5 Å². The van der Waals surface area contributed by atoms with Crippen molar-refractivity contribution in [3.05, 3.63) is 41.2 Å². The predicted molar refractivity (Wildman–Crippen MR) is 90.7 cm³/mol. The summed E-state index contributed by atoms with van der Waals surface area (Å²) < 4.78 is 34.6. The van der Waals surface area contributed by atoms with E-state index >= 15 is 0 Å². The number of hydrogen-bond donors (Lipinski definition) is 2. The number of rotatable bonds is 6. The lowest BCUT2D eigenvalue weighted by molar-refractivity contribution is 0.0997. The molecule has 0 saturated carbocycles. The summed E-state index contributed by atoms with van der Waals surface area (Å²) >= 11 is 0. The maximum atomic E-state index is 12.5. The SMILES string of the molecule is COc1ccc(S(=O)(=O)NCc2cnn3c2CCCC3)cc1C(N)=O. The Morgan fingerprint density at radius 2 is 2.20 bits per heavy atom. The molecule has 134 valence electrons. The Kier molecular flexibility index (Phi) is 4.78. The van der Waals surface area contributed by atoms with Gasteiger partial charge in [-0.15, -0.1) is 0 Å². The van der Waals surface area contributed by atoms with Crippen molar-refractivity contribution in [2.24, 2.45) is 5.73 Å². The van der Waals surface area contributed by atoms with Gasteiger partial charge in [-0.3, -0.25) is 9.48 Å². The molecule has 1 aromatic heterocycles. The number of nitrogens with zero attached hydrogens (tertiary/aromatic N) is 2. The minimum atomic E-state index is -3.79. The summed E-state index contributed by atoms with van der Waals surface area (Å²) in [7, 11) is -2.41. The molecule has 3 N–H and O–H groups in total. The van der Waals surface area contributed by atoms with Crippen molar-refractivity contribution < 1.29 is 17.9 Å². The van der Waals surface area contributed by atoms with Gasteiger partial charge in [0, 0.05) is 24.3 Å². The normalized spacial score (nSPS) is 14.1. The second-order valence-corrected chi connectivity index (χ2v) is 7.61. The molecule has 0 saturated heterocycles. The van der Waals surface area contributed by atoms with Crippen LogP contribution in [0.2, 0.25) is 0 Å². The maximum absolute atomic E-state index is 12.5. The van der Waals surface area contributed by atoms with Crippen molar-refractivity contribution in [1.82, 2.24) is 14.5 Å². The first-order chi connectivity index (χ1) is 11.9. The fraction of sp³-hybridized carbons (Fsp3) is 0.375. The van der Waals surface area contributed by atoms with Crippen LogP contribution in [0.25, 0.3) is 0 Å². The highest BCUT2D eigenvalue weighted by Gasteiger charge is 2.20. The van der Waals surface area contributed by atoms with Gasteiger partial charge in [0.25, 0.3) is 5.91 Å². The van der Waals surface area contributed by atoms with Crippen LogP contribution in [0, 0.1) is 0 Å². The molecule has 8 nitrogen and oxygen atoms in total. The fourth-order valence-electron chi connectivity index (χ4n) is 2.94. The van der Waals surface area contributed by atoms with Crippen LogP contribution in [0.3, 0.4) is 0 Å². The van der Waals surface area contributed by atoms with Crippen LogP contribution in [-0.2, 0) is 29.5 Å². The lowest BCUT2D eigenvalue weighted by atomic mass is 10.1. The Labute approximate surface area is 146 Å². The molecular formula is C16H20N4O4S. The first-order valence-electron chi connectivity index (χ1n) is 7.93. The van der Waals surface area contributed by atoms with Gasteiger partial charge in [-0.2, -0.15) is 5.10 Å². The van der Waals surface area contributed by atoms with Crippen LogP contribution < -0.4 is 15.2 Å². The molecule has 9 heteroatoms. The summed E-state index contributed by atoms with van der Waals surface area (Å²) in [6, 6.07) is 4.01. The Bertz CT molecular complexity index is 905. The Balaban J connectivity index is 1.81. The minimum Gasteiger partial charge on any atom is -0.496 e. The number of nitrogens with one attached hydrogen (secondary N) is 1. The van der Waals surface area contributed by atoms with E-state index in [1.807, 2.05) is 4.68 Å². The minimum absolute atomic E-state index is 0.0216. The van der Waals surface area contributed by atoms with E-state index in [-0.39, 0.29) is 22.8 Å². The number of fused-ring (bicyclic) bond motifs is 1. The molecule has 2 heterocycles. The van der Waals surface area contributed by atoms with E-state index in [1.165, 1.54) is 25.3 Å². The number of benzene rings is 1. The van der Waals surface area contributed by atoms with Crippen LogP contribution in [0.15, 0.2) is 29.3 Å². The largest absolute Gasteiger partial charge is 0.496 e. The van der Waals surface area contributed by atoms with Gasteiger partial charge < -0.3 is 10.5 Å². The molecular weight excluding hydrogens is 344 g/mol. The van der Waals surface area contributed by atoms with Crippen molar-refractivity contribution in [2.45, 2.75) is 37.2 Å². The molecule has 1 aliphatic heterocycles. The van der Waals surface area contributed by atoms with Gasteiger partial charge in [-0.1, -0.05) is 0 Å². The second kappa shape index (κ2) is 6.85. The number of amides is 1. The monoisotopic (exact) mass is 364 g/mol. The highest BCUT2D eigenvalue weighted by atomic mass is 32.2. The first-order valence-corrected chi connectivity index (χ1v) is 9.42. The van der Waals surface area contributed by atoms with Crippen molar-refractivity contribution >= 4 is 15.9 Å². The van der Waals surface area contributed by atoms with Gasteiger partial charge in [0.15, 0.2) is 0 Å². The number of nitrogens with two attached hydrogens (primary N) is 1. The van der Waals surface area contributed by atoms with E-state index in [0.29, 0.717) is 0 Å². The molecule has 1 aromatic carbocycles. The van der Waals surface area contributed by atoms with Crippen LogP contribution in [-0.4, -0.2) is 31.2 Å². The zero-order valence-corrected chi connectivity index (χ0v) is 14.7. The lowest BCUT2D eigenvalue weighted by Gasteiger charge is -2.15. The number of carbonyl (C=O) groups excluding carboxylic acids is 1. The third-order valence-electron chi connectivity index (χ3n) is 4.27. The summed E-state index contributed by atoms with van der Waals surface area (Å²) in [5.41, 5.74) is 7.24. The third-order valence-corrected chi connectivity index (χ3v) is 5.67. The van der Waals surface area contributed by atoms with E-state index in [0.717, 1.165) is 37.1 Å². The summed E-state index contributed by atoms with van der Waals surface area (Å²) in [6.45, 7) is 1.01. The third kappa shape index (κ3) is 3.52. The number of methoxy groups -OCH3 is 1. The van der Waals surface area contributed by atoms with E-state index in [9.17, 15) is 13.2 Å². The average molecular weight is 364 g/mol. The molecule has 1 amide bonds. The van der Waals surface area contributed by atoms with Gasteiger partial charge in [0.1, 0.15) is 5.75 Å². The number of aromatic nitrogens is 2. The summed E-state index contributed by atoms with van der Waals surface area (Å²) in [4.78, 5) is 11.4. The molecule has 1 aliphatic rings. The zero-order valence-electron chi connectivity index (χ0n) is 13.9. The quantitative estimate of drug-likeness (QED) is 0.787. The van der Waals surface area contributed by atoms with Gasteiger partial charge >= 0.3 is 0 Å². The predicted octanol–water partition coefficient (Wildman–Crippen LogP) is 0.805. The number of sulfonamides is 1. The molecule has 0 radical (unpaired) electrons. The van der Waals surface area contributed by atoms with Gasteiger partial charge in [0.05, 0.1) is 23.8 Å². The Hall–Kier alpha value is -2.39. The molecule has 3 rings (SSSR count). The summed E-state index contributed by atoms with van der Waals surface area (Å²) in [6.07, 6.45) is 4.75. The summed E-state index contributed by atoms with van der Waals surface area (Å²) in [5, 5.41) is 4.29. The smallest absolute Gasteiger partial charge is 0.252 e. The van der Waals surface area contributed by atoms with Gasteiger partial charge in [-0.05, 0) is 37.5 Å². The molecule has 0 spiro atoms. The number of aryl methyl sites for hydroxylation is 1. The van der Waals surface area contributed by atoms with Crippen molar-refractivity contribution in [3.8, 4) is 5.75 Å². The van der Waals surface area contributed by atoms with Crippen molar-refractivity contribution in [3.63, 3.8) is 0 Å². The molecule has 0 aliphatic carbocycles. The Morgan fingerprint density at radius 3 is 2.92 bits per heavy atom. The molecule has 2 aromatic rings. The van der Waals surface area contributed by atoms with Crippen molar-refractivity contribution in [2.75, 3.05) is 7.11 Å². The highest BCUT2D eigenvalue weighted by Crippen LogP contribution is 2.23.